The van der Waals surface area contributed by atoms with Gasteiger partial charge in [0.1, 0.15) is 11.9 Å². The Morgan fingerprint density at radius 2 is 2.09 bits per heavy atom. The van der Waals surface area contributed by atoms with Crippen molar-refractivity contribution in [3.05, 3.63) is 46.5 Å². The molecule has 2 heterocycles. The Labute approximate surface area is 134 Å². The van der Waals surface area contributed by atoms with Crippen LogP contribution in [0.5, 0.6) is 0 Å². The molecule has 2 aromatic heterocycles. The van der Waals surface area contributed by atoms with Crippen molar-refractivity contribution >= 4 is 17.4 Å². The van der Waals surface area contributed by atoms with Crippen molar-refractivity contribution in [1.29, 1.82) is 0 Å². The Morgan fingerprint density at radius 1 is 1.32 bits per heavy atom. The number of rotatable bonds is 7. The zero-order valence-electron chi connectivity index (χ0n) is 12.8. The van der Waals surface area contributed by atoms with Crippen molar-refractivity contribution in [2.24, 2.45) is 0 Å². The summed E-state index contributed by atoms with van der Waals surface area (Å²) in [7, 11) is 0. The van der Waals surface area contributed by atoms with Crippen LogP contribution in [-0.4, -0.2) is 23.2 Å². The van der Waals surface area contributed by atoms with E-state index >= 15 is 0 Å². The van der Waals surface area contributed by atoms with E-state index in [0.29, 0.717) is 12.2 Å². The SMILES string of the molecule is CC(Cc1ccsc1)NC(=O)NC(C)CC(O)c1ccco1. The maximum atomic E-state index is 11.9. The highest BCUT2D eigenvalue weighted by Crippen LogP contribution is 2.18. The smallest absolute Gasteiger partial charge is 0.315 e. The molecule has 3 N–H and O–H groups in total. The molecule has 0 spiro atoms. The molecule has 5 nitrogen and oxygen atoms in total. The zero-order chi connectivity index (χ0) is 15.9. The van der Waals surface area contributed by atoms with Gasteiger partial charge in [0.25, 0.3) is 0 Å². The molecule has 3 unspecified atom stereocenters. The van der Waals surface area contributed by atoms with E-state index < -0.39 is 6.10 Å². The van der Waals surface area contributed by atoms with Crippen molar-refractivity contribution < 1.29 is 14.3 Å². The first-order valence-electron chi connectivity index (χ1n) is 7.34. The first-order chi connectivity index (χ1) is 10.5. The molecule has 2 rings (SSSR count). The van der Waals surface area contributed by atoms with Gasteiger partial charge in [-0.15, -0.1) is 0 Å². The summed E-state index contributed by atoms with van der Waals surface area (Å²) < 4.78 is 5.15. The fourth-order valence-electron chi connectivity index (χ4n) is 2.29. The van der Waals surface area contributed by atoms with Crippen LogP contribution in [0, 0.1) is 0 Å². The first-order valence-corrected chi connectivity index (χ1v) is 8.28. The van der Waals surface area contributed by atoms with E-state index in [1.54, 1.807) is 23.5 Å². The molecule has 0 aliphatic rings. The Kier molecular flexibility index (Phi) is 6.03. The third kappa shape index (κ3) is 5.20. The predicted molar refractivity (Wildman–Crippen MR) is 86.9 cm³/mol. The van der Waals surface area contributed by atoms with E-state index in [4.69, 9.17) is 4.42 Å². The van der Waals surface area contributed by atoms with Crippen LogP contribution in [0.2, 0.25) is 0 Å². The minimum absolute atomic E-state index is 0.0526. The molecule has 22 heavy (non-hydrogen) atoms. The van der Waals surface area contributed by atoms with E-state index in [1.807, 2.05) is 19.2 Å². The van der Waals surface area contributed by atoms with Gasteiger partial charge in [0.05, 0.1) is 6.26 Å². The summed E-state index contributed by atoms with van der Waals surface area (Å²) in [5.74, 6) is 0.514. The number of aliphatic hydroxyl groups excluding tert-OH is 1. The van der Waals surface area contributed by atoms with Gasteiger partial charge in [0, 0.05) is 18.5 Å². The topological polar surface area (TPSA) is 74.5 Å². The van der Waals surface area contributed by atoms with Gasteiger partial charge in [0.2, 0.25) is 0 Å². The number of hydrogen-bond acceptors (Lipinski definition) is 4. The zero-order valence-corrected chi connectivity index (χ0v) is 13.6. The Balaban J connectivity index is 1.71. The van der Waals surface area contributed by atoms with Crippen molar-refractivity contribution in [2.75, 3.05) is 0 Å². The molecule has 6 heteroatoms. The second-order valence-corrected chi connectivity index (χ2v) is 6.30. The molecule has 0 saturated heterocycles. The molecule has 0 aliphatic heterocycles. The molecule has 0 fully saturated rings. The quantitative estimate of drug-likeness (QED) is 0.733. The standard InChI is InChI=1S/C16H22N2O3S/c1-11(8-13-5-7-22-10-13)17-16(20)18-12(2)9-14(19)15-4-3-6-21-15/h3-7,10-12,14,19H,8-9H2,1-2H3,(H2,17,18,20). The van der Waals surface area contributed by atoms with Crippen LogP contribution in [0.15, 0.2) is 39.6 Å². The van der Waals surface area contributed by atoms with Crippen LogP contribution in [-0.2, 0) is 6.42 Å². The number of amides is 2. The van der Waals surface area contributed by atoms with E-state index in [9.17, 15) is 9.90 Å². The lowest BCUT2D eigenvalue weighted by molar-refractivity contribution is 0.129. The summed E-state index contributed by atoms with van der Waals surface area (Å²) in [5, 5.41) is 19.8. The van der Waals surface area contributed by atoms with Gasteiger partial charge in [-0.2, -0.15) is 11.3 Å². The summed E-state index contributed by atoms with van der Waals surface area (Å²) in [6.07, 6.45) is 2.02. The van der Waals surface area contributed by atoms with Crippen LogP contribution >= 0.6 is 11.3 Å². The second kappa shape index (κ2) is 8.00. The van der Waals surface area contributed by atoms with Crippen LogP contribution in [0.25, 0.3) is 0 Å². The summed E-state index contributed by atoms with van der Waals surface area (Å²) in [5.41, 5.74) is 1.22. The van der Waals surface area contributed by atoms with Gasteiger partial charge in [-0.05, 0) is 54.8 Å². The number of furan rings is 1. The minimum Gasteiger partial charge on any atom is -0.467 e. The summed E-state index contributed by atoms with van der Waals surface area (Å²) in [6.45, 7) is 3.83. The average molecular weight is 322 g/mol. The first kappa shape index (κ1) is 16.6. The Morgan fingerprint density at radius 3 is 2.73 bits per heavy atom. The van der Waals surface area contributed by atoms with Gasteiger partial charge in [0.15, 0.2) is 0 Å². The van der Waals surface area contributed by atoms with Crippen molar-refractivity contribution in [1.82, 2.24) is 10.6 Å². The number of urea groups is 1. The predicted octanol–water partition coefficient (Wildman–Crippen LogP) is 3.08. The lowest BCUT2D eigenvalue weighted by atomic mass is 10.1. The average Bonchev–Trinajstić information content (AvgIpc) is 3.10. The minimum atomic E-state index is -0.714. The molecular formula is C16H22N2O3S. The molecule has 0 bridgehead atoms. The lowest BCUT2D eigenvalue weighted by Gasteiger charge is -2.19. The van der Waals surface area contributed by atoms with Gasteiger partial charge in [-0.3, -0.25) is 0 Å². The second-order valence-electron chi connectivity index (χ2n) is 5.52. The fourth-order valence-corrected chi connectivity index (χ4v) is 2.97. The third-order valence-corrected chi connectivity index (χ3v) is 4.06. The molecule has 0 saturated carbocycles. The molecule has 0 aromatic carbocycles. The normalized spacial score (nSPS) is 15.0. The molecule has 2 amide bonds. The molecule has 0 radical (unpaired) electrons. The maximum Gasteiger partial charge on any atom is 0.315 e. The Hall–Kier alpha value is -1.79. The molecule has 120 valence electrons. The van der Waals surface area contributed by atoms with Crippen molar-refractivity contribution in [2.45, 2.75) is 44.9 Å². The largest absolute Gasteiger partial charge is 0.467 e. The number of carbonyl (C=O) groups excluding carboxylic acids is 1. The molecule has 0 aliphatic carbocycles. The number of nitrogens with one attached hydrogen (secondary N) is 2. The van der Waals surface area contributed by atoms with E-state index in [0.717, 1.165) is 6.42 Å². The number of hydrogen-bond donors (Lipinski definition) is 3. The van der Waals surface area contributed by atoms with E-state index in [1.165, 1.54) is 11.8 Å². The summed E-state index contributed by atoms with van der Waals surface area (Å²) >= 11 is 1.65. The summed E-state index contributed by atoms with van der Waals surface area (Å²) in [4.78, 5) is 11.9. The Bertz CT molecular complexity index is 554. The number of thiophene rings is 1. The lowest BCUT2D eigenvalue weighted by Crippen LogP contribution is -2.45. The highest BCUT2D eigenvalue weighted by atomic mass is 32.1. The number of aliphatic hydroxyl groups is 1. The highest BCUT2D eigenvalue weighted by molar-refractivity contribution is 7.07. The highest BCUT2D eigenvalue weighted by Gasteiger charge is 2.17. The third-order valence-electron chi connectivity index (χ3n) is 3.33. The van der Waals surface area contributed by atoms with Crippen LogP contribution in [0.4, 0.5) is 4.79 Å². The molecular weight excluding hydrogens is 300 g/mol. The van der Waals surface area contributed by atoms with Crippen LogP contribution in [0.3, 0.4) is 0 Å². The van der Waals surface area contributed by atoms with Gasteiger partial charge < -0.3 is 20.2 Å². The van der Waals surface area contributed by atoms with E-state index in [-0.39, 0.29) is 18.1 Å². The maximum absolute atomic E-state index is 11.9. The number of carbonyl (C=O) groups is 1. The monoisotopic (exact) mass is 322 g/mol. The fraction of sp³-hybridized carbons (Fsp3) is 0.438. The van der Waals surface area contributed by atoms with Gasteiger partial charge in [-0.1, -0.05) is 0 Å². The molecule has 2 aromatic rings. The van der Waals surface area contributed by atoms with Crippen LogP contribution in [0.1, 0.15) is 37.7 Å². The van der Waals surface area contributed by atoms with E-state index in [2.05, 4.69) is 22.1 Å². The van der Waals surface area contributed by atoms with Gasteiger partial charge in [-0.25, -0.2) is 4.79 Å². The van der Waals surface area contributed by atoms with Crippen LogP contribution < -0.4 is 10.6 Å². The molecule has 3 atom stereocenters. The van der Waals surface area contributed by atoms with Gasteiger partial charge >= 0.3 is 6.03 Å². The summed E-state index contributed by atoms with van der Waals surface area (Å²) in [6, 6.07) is 5.19. The van der Waals surface area contributed by atoms with Crippen molar-refractivity contribution in [3.63, 3.8) is 0 Å². The van der Waals surface area contributed by atoms with Crippen molar-refractivity contribution in [3.8, 4) is 0 Å².